The first kappa shape index (κ1) is 20.0. The molecule has 2 aromatic rings. The SMILES string of the molecule is CN=C(NCCc1cccc(F)c1F)NC1CCN(c2ccc(C)cn2)CC1. The van der Waals surface area contributed by atoms with E-state index >= 15 is 0 Å². The van der Waals surface area contributed by atoms with Crippen LogP contribution in [-0.4, -0.2) is 43.7 Å². The molecule has 1 aliphatic heterocycles. The molecule has 1 saturated heterocycles. The van der Waals surface area contributed by atoms with E-state index in [1.807, 2.05) is 13.1 Å². The average molecular weight is 387 g/mol. The number of pyridine rings is 1. The predicted octanol–water partition coefficient (Wildman–Crippen LogP) is 3.04. The highest BCUT2D eigenvalue weighted by Crippen LogP contribution is 2.18. The Labute approximate surface area is 164 Å². The van der Waals surface area contributed by atoms with Crippen molar-refractivity contribution in [1.82, 2.24) is 15.6 Å². The number of piperidine rings is 1. The Hall–Kier alpha value is -2.70. The molecule has 150 valence electrons. The first-order chi connectivity index (χ1) is 13.6. The summed E-state index contributed by atoms with van der Waals surface area (Å²) >= 11 is 0. The van der Waals surface area contributed by atoms with Gasteiger partial charge in [-0.05, 0) is 49.4 Å². The number of benzene rings is 1. The molecule has 5 nitrogen and oxygen atoms in total. The average Bonchev–Trinajstić information content (AvgIpc) is 2.71. The summed E-state index contributed by atoms with van der Waals surface area (Å²) in [5.41, 5.74) is 1.52. The lowest BCUT2D eigenvalue weighted by Crippen LogP contribution is -2.49. The van der Waals surface area contributed by atoms with Gasteiger partial charge in [0, 0.05) is 38.9 Å². The van der Waals surface area contributed by atoms with Gasteiger partial charge in [-0.25, -0.2) is 13.8 Å². The van der Waals surface area contributed by atoms with E-state index in [0.717, 1.165) is 43.4 Å². The largest absolute Gasteiger partial charge is 0.356 e. The number of hydrogen-bond acceptors (Lipinski definition) is 3. The van der Waals surface area contributed by atoms with Crippen LogP contribution in [0.2, 0.25) is 0 Å². The summed E-state index contributed by atoms with van der Waals surface area (Å²) in [5.74, 6) is 0.117. The van der Waals surface area contributed by atoms with E-state index in [1.165, 1.54) is 6.07 Å². The summed E-state index contributed by atoms with van der Waals surface area (Å²) in [5, 5.41) is 6.61. The van der Waals surface area contributed by atoms with Crippen molar-refractivity contribution >= 4 is 11.8 Å². The molecule has 0 aliphatic carbocycles. The third kappa shape index (κ3) is 5.18. The smallest absolute Gasteiger partial charge is 0.191 e. The van der Waals surface area contributed by atoms with Gasteiger partial charge in [0.2, 0.25) is 0 Å². The molecule has 1 aromatic carbocycles. The Morgan fingerprint density at radius 2 is 2.00 bits per heavy atom. The fourth-order valence-corrected chi connectivity index (χ4v) is 3.35. The number of rotatable bonds is 5. The maximum atomic E-state index is 13.7. The minimum absolute atomic E-state index is 0.318. The van der Waals surface area contributed by atoms with Gasteiger partial charge in [-0.3, -0.25) is 4.99 Å². The third-order valence-corrected chi connectivity index (χ3v) is 5.00. The van der Waals surface area contributed by atoms with Crippen molar-refractivity contribution in [3.63, 3.8) is 0 Å². The summed E-state index contributed by atoms with van der Waals surface area (Å²) in [7, 11) is 1.71. The highest BCUT2D eigenvalue weighted by atomic mass is 19.2. The van der Waals surface area contributed by atoms with Gasteiger partial charge in [-0.1, -0.05) is 18.2 Å². The first-order valence-electron chi connectivity index (χ1n) is 9.64. The highest BCUT2D eigenvalue weighted by Gasteiger charge is 2.20. The monoisotopic (exact) mass is 387 g/mol. The highest BCUT2D eigenvalue weighted by molar-refractivity contribution is 5.80. The Kier molecular flexibility index (Phi) is 6.79. The number of halogens is 2. The lowest BCUT2D eigenvalue weighted by atomic mass is 10.1. The zero-order valence-electron chi connectivity index (χ0n) is 16.4. The maximum absolute atomic E-state index is 13.7. The van der Waals surface area contributed by atoms with Crippen molar-refractivity contribution in [3.05, 3.63) is 59.3 Å². The molecule has 2 heterocycles. The van der Waals surface area contributed by atoms with Gasteiger partial charge in [-0.2, -0.15) is 0 Å². The summed E-state index contributed by atoms with van der Waals surface area (Å²) < 4.78 is 27.0. The molecular weight excluding hydrogens is 360 g/mol. The summed E-state index contributed by atoms with van der Waals surface area (Å²) in [6, 6.07) is 8.72. The number of nitrogens with one attached hydrogen (secondary N) is 2. The van der Waals surface area contributed by atoms with E-state index in [4.69, 9.17) is 0 Å². The molecule has 0 spiro atoms. The van der Waals surface area contributed by atoms with Gasteiger partial charge in [0.1, 0.15) is 5.82 Å². The molecule has 0 bridgehead atoms. The summed E-state index contributed by atoms with van der Waals surface area (Å²) in [6.45, 7) is 4.37. The van der Waals surface area contributed by atoms with Gasteiger partial charge in [0.15, 0.2) is 17.6 Å². The Morgan fingerprint density at radius 1 is 1.21 bits per heavy atom. The number of hydrogen-bond donors (Lipinski definition) is 2. The van der Waals surface area contributed by atoms with Crippen LogP contribution in [0.5, 0.6) is 0 Å². The van der Waals surface area contributed by atoms with E-state index in [2.05, 4.69) is 37.6 Å². The number of aromatic nitrogens is 1. The van der Waals surface area contributed by atoms with E-state index in [1.54, 1.807) is 13.1 Å². The Balaban J connectivity index is 1.44. The van der Waals surface area contributed by atoms with Crippen molar-refractivity contribution in [2.24, 2.45) is 4.99 Å². The van der Waals surface area contributed by atoms with E-state index in [9.17, 15) is 8.78 Å². The molecule has 0 atom stereocenters. The van der Waals surface area contributed by atoms with Crippen LogP contribution < -0.4 is 15.5 Å². The zero-order chi connectivity index (χ0) is 19.9. The molecule has 28 heavy (non-hydrogen) atoms. The predicted molar refractivity (Wildman–Crippen MR) is 109 cm³/mol. The molecule has 1 aliphatic rings. The number of anilines is 1. The van der Waals surface area contributed by atoms with Crippen molar-refractivity contribution in [3.8, 4) is 0 Å². The van der Waals surface area contributed by atoms with Crippen LogP contribution in [0.15, 0.2) is 41.5 Å². The topological polar surface area (TPSA) is 52.6 Å². The Bertz CT molecular complexity index is 799. The quantitative estimate of drug-likeness (QED) is 0.612. The van der Waals surface area contributed by atoms with Crippen molar-refractivity contribution in [2.45, 2.75) is 32.2 Å². The van der Waals surface area contributed by atoms with Gasteiger partial charge < -0.3 is 15.5 Å². The minimum Gasteiger partial charge on any atom is -0.356 e. The number of guanidine groups is 1. The van der Waals surface area contributed by atoms with Crippen LogP contribution in [0, 0.1) is 18.6 Å². The normalized spacial score (nSPS) is 15.6. The first-order valence-corrected chi connectivity index (χ1v) is 9.64. The van der Waals surface area contributed by atoms with Gasteiger partial charge in [0.25, 0.3) is 0 Å². The molecule has 2 N–H and O–H groups in total. The van der Waals surface area contributed by atoms with Crippen molar-refractivity contribution in [1.29, 1.82) is 0 Å². The fourth-order valence-electron chi connectivity index (χ4n) is 3.35. The van der Waals surface area contributed by atoms with E-state index < -0.39 is 11.6 Å². The zero-order valence-corrected chi connectivity index (χ0v) is 16.4. The summed E-state index contributed by atoms with van der Waals surface area (Å²) in [4.78, 5) is 11.0. The molecule has 7 heteroatoms. The second kappa shape index (κ2) is 9.48. The molecule has 1 aromatic heterocycles. The second-order valence-electron chi connectivity index (χ2n) is 7.06. The van der Waals surface area contributed by atoms with Gasteiger partial charge in [-0.15, -0.1) is 0 Å². The standard InChI is InChI=1S/C21H27F2N5/c1-15-6-7-19(26-14-15)28-12-9-17(10-13-28)27-21(24-2)25-11-8-16-4-3-5-18(22)20(16)23/h3-7,14,17H,8-13H2,1-2H3,(H2,24,25,27). The van der Waals surface area contributed by atoms with Crippen LogP contribution in [0.3, 0.4) is 0 Å². The van der Waals surface area contributed by atoms with Crippen LogP contribution in [0.4, 0.5) is 14.6 Å². The van der Waals surface area contributed by atoms with Crippen molar-refractivity contribution < 1.29 is 8.78 Å². The lowest BCUT2D eigenvalue weighted by molar-refractivity contribution is 0.459. The van der Waals surface area contributed by atoms with E-state index in [0.29, 0.717) is 30.5 Å². The van der Waals surface area contributed by atoms with Gasteiger partial charge in [0.05, 0.1) is 0 Å². The third-order valence-electron chi connectivity index (χ3n) is 5.00. The summed E-state index contributed by atoms with van der Waals surface area (Å²) in [6.07, 6.45) is 4.25. The van der Waals surface area contributed by atoms with Crippen LogP contribution in [0.25, 0.3) is 0 Å². The molecule has 0 unspecified atom stereocenters. The molecule has 0 amide bonds. The fraction of sp³-hybridized carbons (Fsp3) is 0.429. The minimum atomic E-state index is -0.810. The molecule has 0 saturated carbocycles. The van der Waals surface area contributed by atoms with Crippen LogP contribution in [-0.2, 0) is 6.42 Å². The van der Waals surface area contributed by atoms with Gasteiger partial charge >= 0.3 is 0 Å². The van der Waals surface area contributed by atoms with Crippen LogP contribution in [0.1, 0.15) is 24.0 Å². The molecule has 0 radical (unpaired) electrons. The Morgan fingerprint density at radius 3 is 2.68 bits per heavy atom. The second-order valence-corrected chi connectivity index (χ2v) is 7.06. The number of nitrogens with zero attached hydrogens (tertiary/aromatic N) is 3. The number of aryl methyl sites for hydroxylation is 1. The van der Waals surface area contributed by atoms with Crippen molar-refractivity contribution in [2.75, 3.05) is 31.6 Å². The molecule has 1 fully saturated rings. The van der Waals surface area contributed by atoms with Crippen LogP contribution >= 0.6 is 0 Å². The van der Waals surface area contributed by atoms with E-state index in [-0.39, 0.29) is 0 Å². The molecule has 3 rings (SSSR count). The number of aliphatic imine (C=N–C) groups is 1. The maximum Gasteiger partial charge on any atom is 0.191 e. The lowest BCUT2D eigenvalue weighted by Gasteiger charge is -2.33. The molecular formula is C21H27F2N5.